The molecule has 2 heterocycles. The number of fused-ring (bicyclic) bond motifs is 1. The zero-order valence-corrected chi connectivity index (χ0v) is 18.5. The quantitative estimate of drug-likeness (QED) is 0.365. The number of nitrogens with one attached hydrogen (secondary N) is 1. The number of carbonyl (C=O) groups excluding carboxylic acids is 1. The SMILES string of the molecule is O=C(Nc1ccc(Oc2ccc3ncc(N4CCCC4)nc3c2)cc1)c1cccc(C(F)(F)F)c1. The Hall–Kier alpha value is -4.14. The Balaban J connectivity index is 1.27. The van der Waals surface area contributed by atoms with E-state index < -0.39 is 17.6 Å². The Morgan fingerprint density at radius 3 is 2.40 bits per heavy atom. The summed E-state index contributed by atoms with van der Waals surface area (Å²) in [6.07, 6.45) is -0.418. The van der Waals surface area contributed by atoms with Crippen molar-refractivity contribution in [3.8, 4) is 11.5 Å². The molecule has 1 fully saturated rings. The van der Waals surface area contributed by atoms with Crippen molar-refractivity contribution in [2.75, 3.05) is 23.3 Å². The van der Waals surface area contributed by atoms with Crippen LogP contribution in [0.15, 0.2) is 72.9 Å². The summed E-state index contributed by atoms with van der Waals surface area (Å²) in [6, 6.07) is 16.3. The van der Waals surface area contributed by atoms with E-state index in [1.807, 2.05) is 12.1 Å². The molecule has 1 N–H and O–H groups in total. The number of aromatic nitrogens is 2. The van der Waals surface area contributed by atoms with Crippen molar-refractivity contribution in [3.63, 3.8) is 0 Å². The number of benzene rings is 3. The van der Waals surface area contributed by atoms with Gasteiger partial charge in [0.2, 0.25) is 0 Å². The molecule has 0 spiro atoms. The first-order valence-electron chi connectivity index (χ1n) is 11.1. The second-order valence-corrected chi connectivity index (χ2v) is 8.23. The summed E-state index contributed by atoms with van der Waals surface area (Å²) in [5, 5.41) is 2.60. The molecule has 0 radical (unpaired) electrons. The second kappa shape index (κ2) is 9.25. The van der Waals surface area contributed by atoms with Crippen LogP contribution in [-0.2, 0) is 6.18 Å². The molecule has 9 heteroatoms. The fourth-order valence-electron chi connectivity index (χ4n) is 3.93. The van der Waals surface area contributed by atoms with Crippen LogP contribution in [0.4, 0.5) is 24.7 Å². The van der Waals surface area contributed by atoms with E-state index in [2.05, 4.69) is 15.2 Å². The van der Waals surface area contributed by atoms with E-state index in [-0.39, 0.29) is 5.56 Å². The third-order valence-electron chi connectivity index (χ3n) is 5.73. The highest BCUT2D eigenvalue weighted by molar-refractivity contribution is 6.04. The molecule has 1 aromatic heterocycles. The van der Waals surface area contributed by atoms with E-state index in [0.717, 1.165) is 54.9 Å². The van der Waals surface area contributed by atoms with Crippen molar-refractivity contribution < 1.29 is 22.7 Å². The van der Waals surface area contributed by atoms with Gasteiger partial charge in [-0.15, -0.1) is 0 Å². The normalized spacial score (nSPS) is 13.7. The number of alkyl halides is 3. The highest BCUT2D eigenvalue weighted by Crippen LogP contribution is 2.30. The number of hydrogen-bond donors (Lipinski definition) is 1. The first-order chi connectivity index (χ1) is 16.8. The van der Waals surface area contributed by atoms with Gasteiger partial charge in [0.15, 0.2) is 0 Å². The topological polar surface area (TPSA) is 67.3 Å². The highest BCUT2D eigenvalue weighted by Gasteiger charge is 2.30. The number of ether oxygens (including phenoxy) is 1. The largest absolute Gasteiger partial charge is 0.457 e. The Morgan fingerprint density at radius 2 is 1.66 bits per heavy atom. The zero-order valence-electron chi connectivity index (χ0n) is 18.5. The molecule has 0 aliphatic carbocycles. The smallest absolute Gasteiger partial charge is 0.416 e. The van der Waals surface area contributed by atoms with Crippen LogP contribution in [0.1, 0.15) is 28.8 Å². The molecule has 4 aromatic rings. The molecule has 178 valence electrons. The molecule has 1 amide bonds. The monoisotopic (exact) mass is 478 g/mol. The minimum Gasteiger partial charge on any atom is -0.457 e. The lowest BCUT2D eigenvalue weighted by molar-refractivity contribution is -0.137. The minimum atomic E-state index is -4.51. The van der Waals surface area contributed by atoms with Crippen molar-refractivity contribution in [2.45, 2.75) is 19.0 Å². The molecule has 0 unspecified atom stereocenters. The van der Waals surface area contributed by atoms with Crippen molar-refractivity contribution in [3.05, 3.63) is 84.1 Å². The van der Waals surface area contributed by atoms with Crippen molar-refractivity contribution >= 4 is 28.4 Å². The summed E-state index contributed by atoms with van der Waals surface area (Å²) >= 11 is 0. The highest BCUT2D eigenvalue weighted by atomic mass is 19.4. The number of amides is 1. The van der Waals surface area contributed by atoms with Crippen LogP contribution in [0.3, 0.4) is 0 Å². The van der Waals surface area contributed by atoms with E-state index in [9.17, 15) is 18.0 Å². The predicted octanol–water partition coefficient (Wildman–Crippen LogP) is 6.29. The van der Waals surface area contributed by atoms with Gasteiger partial charge < -0.3 is 15.0 Å². The number of anilines is 2. The van der Waals surface area contributed by atoms with Gasteiger partial charge in [0.05, 0.1) is 22.8 Å². The fourth-order valence-corrected chi connectivity index (χ4v) is 3.93. The van der Waals surface area contributed by atoms with Gasteiger partial charge >= 0.3 is 6.18 Å². The molecular weight excluding hydrogens is 457 g/mol. The number of nitrogens with zero attached hydrogens (tertiary/aromatic N) is 3. The lowest BCUT2D eigenvalue weighted by atomic mass is 10.1. The zero-order chi connectivity index (χ0) is 24.4. The van der Waals surface area contributed by atoms with Crippen LogP contribution >= 0.6 is 0 Å². The van der Waals surface area contributed by atoms with Gasteiger partial charge in [-0.3, -0.25) is 9.78 Å². The van der Waals surface area contributed by atoms with Crippen molar-refractivity contribution in [1.82, 2.24) is 9.97 Å². The molecule has 5 rings (SSSR count). The average Bonchev–Trinajstić information content (AvgIpc) is 3.39. The van der Waals surface area contributed by atoms with Crippen LogP contribution in [0.2, 0.25) is 0 Å². The van der Waals surface area contributed by atoms with Gasteiger partial charge in [-0.25, -0.2) is 4.98 Å². The summed E-state index contributed by atoms with van der Waals surface area (Å²) < 4.78 is 44.6. The number of carbonyl (C=O) groups is 1. The van der Waals surface area contributed by atoms with Crippen molar-refractivity contribution in [1.29, 1.82) is 0 Å². The van der Waals surface area contributed by atoms with E-state index in [4.69, 9.17) is 9.72 Å². The molecule has 1 aliphatic heterocycles. The molecule has 1 aliphatic rings. The first-order valence-corrected chi connectivity index (χ1v) is 11.1. The van der Waals surface area contributed by atoms with E-state index in [1.165, 1.54) is 12.1 Å². The first kappa shape index (κ1) is 22.6. The Labute approximate surface area is 199 Å². The predicted molar refractivity (Wildman–Crippen MR) is 127 cm³/mol. The lowest BCUT2D eigenvalue weighted by Crippen LogP contribution is -2.19. The molecular formula is C26H21F3N4O2. The third-order valence-corrected chi connectivity index (χ3v) is 5.73. The number of halogens is 3. The van der Waals surface area contributed by atoms with Gasteiger partial charge in [0.1, 0.15) is 17.3 Å². The average molecular weight is 478 g/mol. The maximum absolute atomic E-state index is 12.9. The fraction of sp³-hybridized carbons (Fsp3) is 0.192. The summed E-state index contributed by atoms with van der Waals surface area (Å²) in [6.45, 7) is 1.96. The van der Waals surface area contributed by atoms with Gasteiger partial charge in [-0.2, -0.15) is 13.2 Å². The summed E-state index contributed by atoms with van der Waals surface area (Å²) in [5.41, 5.74) is 0.983. The molecule has 0 saturated carbocycles. The summed E-state index contributed by atoms with van der Waals surface area (Å²) in [5.74, 6) is 1.34. The van der Waals surface area contributed by atoms with Gasteiger partial charge in [-0.05, 0) is 67.4 Å². The van der Waals surface area contributed by atoms with E-state index in [0.29, 0.717) is 17.2 Å². The van der Waals surface area contributed by atoms with Gasteiger partial charge in [-0.1, -0.05) is 6.07 Å². The third kappa shape index (κ3) is 5.18. The van der Waals surface area contributed by atoms with Crippen LogP contribution in [0, 0.1) is 0 Å². The van der Waals surface area contributed by atoms with E-state index >= 15 is 0 Å². The maximum atomic E-state index is 12.9. The number of hydrogen-bond acceptors (Lipinski definition) is 5. The summed E-state index contributed by atoms with van der Waals surface area (Å²) in [4.78, 5) is 23.8. The molecule has 1 saturated heterocycles. The Bertz CT molecular complexity index is 1370. The van der Waals surface area contributed by atoms with Crippen LogP contribution in [0.25, 0.3) is 11.0 Å². The molecule has 0 atom stereocenters. The standard InChI is InChI=1S/C26H21F3N4O2/c27-26(28,29)18-5-3-4-17(14-18)25(34)31-19-6-8-20(9-7-19)35-21-10-11-22-23(15-21)32-24(16-30-22)33-12-1-2-13-33/h3-11,14-16H,1-2,12-13H2,(H,31,34). The van der Waals surface area contributed by atoms with Crippen LogP contribution in [-0.4, -0.2) is 29.0 Å². The maximum Gasteiger partial charge on any atom is 0.416 e. The minimum absolute atomic E-state index is 0.0780. The Kier molecular flexibility index (Phi) is 5.98. The molecule has 0 bridgehead atoms. The van der Waals surface area contributed by atoms with Gasteiger partial charge in [0, 0.05) is 30.4 Å². The molecule has 35 heavy (non-hydrogen) atoms. The van der Waals surface area contributed by atoms with Crippen LogP contribution < -0.4 is 15.0 Å². The Morgan fingerprint density at radius 1 is 0.914 bits per heavy atom. The lowest BCUT2D eigenvalue weighted by Gasteiger charge is -2.16. The molecule has 3 aromatic carbocycles. The number of rotatable bonds is 5. The van der Waals surface area contributed by atoms with Crippen molar-refractivity contribution in [2.24, 2.45) is 0 Å². The van der Waals surface area contributed by atoms with E-state index in [1.54, 1.807) is 36.5 Å². The molecule has 6 nitrogen and oxygen atoms in total. The summed E-state index contributed by atoms with van der Waals surface area (Å²) in [7, 11) is 0. The van der Waals surface area contributed by atoms with Gasteiger partial charge in [0.25, 0.3) is 5.91 Å². The second-order valence-electron chi connectivity index (χ2n) is 8.23. The van der Waals surface area contributed by atoms with Crippen LogP contribution in [0.5, 0.6) is 11.5 Å².